The van der Waals surface area contributed by atoms with Gasteiger partial charge in [0, 0.05) is 38.6 Å². The molecule has 1 fully saturated rings. The molecule has 0 saturated carbocycles. The summed E-state index contributed by atoms with van der Waals surface area (Å²) in [6.45, 7) is 10.9. The number of rotatable bonds is 9. The number of hydrogen-bond acceptors (Lipinski definition) is 3. The molecule has 1 amide bonds. The number of hydrogen-bond donors (Lipinski definition) is 1. The van der Waals surface area contributed by atoms with Gasteiger partial charge in [0.15, 0.2) is 0 Å². The standard InChI is InChI=1S/C16H33N3O/c1-4-6-8-15(5-2)16(20)17-9-7-10-19-13-11-18(3)12-14-19/h15H,4-14H2,1-3H3,(H,17,20). The minimum Gasteiger partial charge on any atom is -0.356 e. The van der Waals surface area contributed by atoms with Crippen LogP contribution in [0.3, 0.4) is 0 Å². The van der Waals surface area contributed by atoms with Crippen molar-refractivity contribution < 1.29 is 4.79 Å². The number of carbonyl (C=O) groups excluding carboxylic acids is 1. The van der Waals surface area contributed by atoms with Crippen LogP contribution in [0.1, 0.15) is 46.0 Å². The van der Waals surface area contributed by atoms with Crippen molar-refractivity contribution in [3.8, 4) is 0 Å². The molecule has 4 heteroatoms. The average molecular weight is 283 g/mol. The molecule has 0 aromatic heterocycles. The number of nitrogens with one attached hydrogen (secondary N) is 1. The van der Waals surface area contributed by atoms with Gasteiger partial charge in [-0.2, -0.15) is 0 Å². The predicted molar refractivity (Wildman–Crippen MR) is 84.9 cm³/mol. The monoisotopic (exact) mass is 283 g/mol. The van der Waals surface area contributed by atoms with E-state index in [1.807, 2.05) is 0 Å². The summed E-state index contributed by atoms with van der Waals surface area (Å²) >= 11 is 0. The Morgan fingerprint density at radius 3 is 2.45 bits per heavy atom. The first-order chi connectivity index (χ1) is 9.67. The lowest BCUT2D eigenvalue weighted by atomic mass is 9.98. The molecule has 0 radical (unpaired) electrons. The Hall–Kier alpha value is -0.610. The number of nitrogens with zero attached hydrogens (tertiary/aromatic N) is 2. The molecule has 1 saturated heterocycles. The van der Waals surface area contributed by atoms with E-state index in [2.05, 4.69) is 36.0 Å². The quantitative estimate of drug-likeness (QED) is 0.657. The fraction of sp³-hybridized carbons (Fsp3) is 0.938. The van der Waals surface area contributed by atoms with Crippen LogP contribution < -0.4 is 5.32 Å². The van der Waals surface area contributed by atoms with Crippen LogP contribution in [0.25, 0.3) is 0 Å². The second-order valence-electron chi connectivity index (χ2n) is 6.04. The van der Waals surface area contributed by atoms with Gasteiger partial charge in [0.25, 0.3) is 0 Å². The maximum Gasteiger partial charge on any atom is 0.223 e. The summed E-state index contributed by atoms with van der Waals surface area (Å²) in [6.07, 6.45) is 5.40. The van der Waals surface area contributed by atoms with E-state index in [1.54, 1.807) is 0 Å². The lowest BCUT2D eigenvalue weighted by Gasteiger charge is -2.32. The number of unbranched alkanes of at least 4 members (excludes halogenated alkanes) is 1. The van der Waals surface area contributed by atoms with Crippen molar-refractivity contribution in [2.75, 3.05) is 46.3 Å². The molecule has 0 aromatic carbocycles. The Balaban J connectivity index is 2.08. The fourth-order valence-corrected chi connectivity index (χ4v) is 2.70. The van der Waals surface area contributed by atoms with E-state index in [0.717, 1.165) is 38.8 Å². The molecule has 0 aliphatic carbocycles. The molecule has 1 rings (SSSR count). The summed E-state index contributed by atoms with van der Waals surface area (Å²) in [7, 11) is 2.18. The minimum absolute atomic E-state index is 0.221. The maximum absolute atomic E-state index is 12.0. The van der Waals surface area contributed by atoms with Crippen molar-refractivity contribution in [1.29, 1.82) is 0 Å². The van der Waals surface area contributed by atoms with Gasteiger partial charge in [-0.25, -0.2) is 0 Å². The number of piperazine rings is 1. The van der Waals surface area contributed by atoms with Crippen LogP contribution in [-0.2, 0) is 4.79 Å². The molecule has 118 valence electrons. The van der Waals surface area contributed by atoms with Crippen LogP contribution >= 0.6 is 0 Å². The van der Waals surface area contributed by atoms with E-state index in [1.165, 1.54) is 32.6 Å². The average Bonchev–Trinajstić information content (AvgIpc) is 2.46. The molecule has 20 heavy (non-hydrogen) atoms. The molecule has 1 aliphatic heterocycles. The summed E-state index contributed by atoms with van der Waals surface area (Å²) in [5, 5.41) is 3.11. The minimum atomic E-state index is 0.221. The first-order valence-electron chi connectivity index (χ1n) is 8.36. The van der Waals surface area contributed by atoms with Gasteiger partial charge in [-0.15, -0.1) is 0 Å². The zero-order valence-electron chi connectivity index (χ0n) is 13.7. The molecule has 0 spiro atoms. The highest BCUT2D eigenvalue weighted by Gasteiger charge is 2.16. The molecule has 0 bridgehead atoms. The van der Waals surface area contributed by atoms with Gasteiger partial charge in [0.1, 0.15) is 0 Å². The van der Waals surface area contributed by atoms with Crippen LogP contribution in [0.4, 0.5) is 0 Å². The van der Waals surface area contributed by atoms with E-state index in [4.69, 9.17) is 0 Å². The van der Waals surface area contributed by atoms with E-state index in [-0.39, 0.29) is 11.8 Å². The zero-order chi connectivity index (χ0) is 14.8. The summed E-state index contributed by atoms with van der Waals surface area (Å²) in [6, 6.07) is 0. The summed E-state index contributed by atoms with van der Waals surface area (Å²) in [5.74, 6) is 0.484. The SMILES string of the molecule is CCCCC(CC)C(=O)NCCCN1CCN(C)CC1. The Bertz CT molecular complexity index is 262. The molecule has 1 N–H and O–H groups in total. The molecule has 1 atom stereocenters. The van der Waals surface area contributed by atoms with Gasteiger partial charge in [-0.05, 0) is 32.9 Å². The van der Waals surface area contributed by atoms with E-state index < -0.39 is 0 Å². The predicted octanol–water partition coefficient (Wildman–Crippen LogP) is 1.96. The molecule has 1 aliphatic rings. The largest absolute Gasteiger partial charge is 0.356 e. The molecular formula is C16H33N3O. The maximum atomic E-state index is 12.0. The number of amides is 1. The van der Waals surface area contributed by atoms with E-state index in [9.17, 15) is 4.79 Å². The van der Waals surface area contributed by atoms with Gasteiger partial charge < -0.3 is 15.1 Å². The summed E-state index contributed by atoms with van der Waals surface area (Å²) in [5.41, 5.74) is 0. The zero-order valence-corrected chi connectivity index (χ0v) is 13.7. The van der Waals surface area contributed by atoms with Crippen LogP contribution in [0, 0.1) is 5.92 Å². The van der Waals surface area contributed by atoms with Crippen LogP contribution in [0.5, 0.6) is 0 Å². The Labute approximate surface area is 124 Å². The van der Waals surface area contributed by atoms with Crippen LogP contribution in [0.15, 0.2) is 0 Å². The van der Waals surface area contributed by atoms with Gasteiger partial charge in [-0.3, -0.25) is 4.79 Å². The normalized spacial score (nSPS) is 18.9. The molecule has 1 unspecified atom stereocenters. The van der Waals surface area contributed by atoms with E-state index in [0.29, 0.717) is 0 Å². The van der Waals surface area contributed by atoms with Gasteiger partial charge in [0.2, 0.25) is 5.91 Å². The summed E-state index contributed by atoms with van der Waals surface area (Å²) < 4.78 is 0. The third kappa shape index (κ3) is 6.71. The Morgan fingerprint density at radius 2 is 1.85 bits per heavy atom. The topological polar surface area (TPSA) is 35.6 Å². The van der Waals surface area contributed by atoms with Crippen molar-refractivity contribution in [2.24, 2.45) is 5.92 Å². The molecular weight excluding hydrogens is 250 g/mol. The number of likely N-dealkylation sites (N-methyl/N-ethyl adjacent to an activating group) is 1. The highest BCUT2D eigenvalue weighted by Crippen LogP contribution is 2.12. The molecule has 1 heterocycles. The van der Waals surface area contributed by atoms with Crippen LogP contribution in [-0.4, -0.2) is 62.0 Å². The third-order valence-corrected chi connectivity index (χ3v) is 4.32. The lowest BCUT2D eigenvalue weighted by Crippen LogP contribution is -2.45. The molecule has 4 nitrogen and oxygen atoms in total. The van der Waals surface area contributed by atoms with Crippen molar-refractivity contribution in [3.05, 3.63) is 0 Å². The van der Waals surface area contributed by atoms with Gasteiger partial charge >= 0.3 is 0 Å². The van der Waals surface area contributed by atoms with Crippen LogP contribution in [0.2, 0.25) is 0 Å². The van der Waals surface area contributed by atoms with Crippen molar-refractivity contribution in [1.82, 2.24) is 15.1 Å². The summed E-state index contributed by atoms with van der Waals surface area (Å²) in [4.78, 5) is 16.9. The van der Waals surface area contributed by atoms with Crippen molar-refractivity contribution >= 4 is 5.91 Å². The fourth-order valence-electron chi connectivity index (χ4n) is 2.70. The Kier molecular flexibility index (Phi) is 8.86. The highest BCUT2D eigenvalue weighted by molar-refractivity contribution is 5.78. The Morgan fingerprint density at radius 1 is 1.15 bits per heavy atom. The second kappa shape index (κ2) is 10.2. The van der Waals surface area contributed by atoms with Crippen molar-refractivity contribution in [2.45, 2.75) is 46.0 Å². The first kappa shape index (κ1) is 17.4. The lowest BCUT2D eigenvalue weighted by molar-refractivity contribution is -0.125. The first-order valence-corrected chi connectivity index (χ1v) is 8.36. The number of carbonyl (C=O) groups is 1. The smallest absolute Gasteiger partial charge is 0.223 e. The highest BCUT2D eigenvalue weighted by atomic mass is 16.1. The molecule has 0 aromatic rings. The van der Waals surface area contributed by atoms with E-state index >= 15 is 0 Å². The van der Waals surface area contributed by atoms with Gasteiger partial charge in [0.05, 0.1) is 0 Å². The third-order valence-electron chi connectivity index (χ3n) is 4.32. The van der Waals surface area contributed by atoms with Gasteiger partial charge in [-0.1, -0.05) is 26.7 Å². The second-order valence-corrected chi connectivity index (χ2v) is 6.04. The van der Waals surface area contributed by atoms with Crippen molar-refractivity contribution in [3.63, 3.8) is 0 Å².